The van der Waals surface area contributed by atoms with Crippen LogP contribution in [0.2, 0.25) is 0 Å². The van der Waals surface area contributed by atoms with Gasteiger partial charge in [-0.2, -0.15) is 0 Å². The second kappa shape index (κ2) is 13.1. The molecule has 0 aliphatic rings. The molecule has 0 unspecified atom stereocenters. The Morgan fingerprint density at radius 2 is 1.68 bits per heavy atom. The molecule has 218 valence electrons. The summed E-state index contributed by atoms with van der Waals surface area (Å²) in [4.78, 5) is 53.8. The van der Waals surface area contributed by atoms with E-state index in [1.165, 1.54) is 26.0 Å². The van der Waals surface area contributed by atoms with Crippen LogP contribution in [-0.4, -0.2) is 48.4 Å². The molecule has 2 aromatic carbocycles. The van der Waals surface area contributed by atoms with E-state index in [0.717, 1.165) is 0 Å². The first-order chi connectivity index (χ1) is 19.3. The van der Waals surface area contributed by atoms with Crippen LogP contribution in [0.25, 0.3) is 0 Å². The van der Waals surface area contributed by atoms with Crippen LogP contribution < -0.4 is 25.0 Å². The fourth-order valence-electron chi connectivity index (χ4n) is 4.23. The highest BCUT2D eigenvalue weighted by Gasteiger charge is 2.37. The molecule has 0 bridgehead atoms. The van der Waals surface area contributed by atoms with Gasteiger partial charge in [-0.15, -0.1) is 0 Å². The van der Waals surface area contributed by atoms with Crippen LogP contribution in [-0.2, 0) is 14.4 Å². The van der Waals surface area contributed by atoms with Crippen molar-refractivity contribution in [1.82, 2.24) is 10.5 Å². The van der Waals surface area contributed by atoms with Crippen LogP contribution in [0.3, 0.4) is 0 Å². The SMILES string of the molecule is COc1cccc([C@@H](C(=O)NC(C)(C)C)N(C(=O)CCC(=O)Nc2cc(C)on2)c2ccc(C(C)=O)cc2)c1OC. The third-order valence-corrected chi connectivity index (χ3v) is 6.01. The van der Waals surface area contributed by atoms with E-state index in [1.807, 2.05) is 20.8 Å². The number of aromatic nitrogens is 1. The van der Waals surface area contributed by atoms with Crippen molar-refractivity contribution < 1.29 is 33.2 Å². The number of benzene rings is 2. The number of para-hydroxylation sites is 1. The molecule has 0 fully saturated rings. The molecule has 0 saturated carbocycles. The van der Waals surface area contributed by atoms with Crippen molar-refractivity contribution in [3.8, 4) is 11.5 Å². The minimum Gasteiger partial charge on any atom is -0.493 e. The minimum atomic E-state index is -1.21. The van der Waals surface area contributed by atoms with Gasteiger partial charge in [0, 0.05) is 41.3 Å². The summed E-state index contributed by atoms with van der Waals surface area (Å²) in [5.74, 6) is -0.168. The van der Waals surface area contributed by atoms with Crippen molar-refractivity contribution in [2.24, 2.45) is 0 Å². The number of nitrogens with one attached hydrogen (secondary N) is 2. The van der Waals surface area contributed by atoms with Crippen molar-refractivity contribution in [2.45, 2.75) is 59.0 Å². The topological polar surface area (TPSA) is 140 Å². The molecule has 3 rings (SSSR count). The van der Waals surface area contributed by atoms with Crippen molar-refractivity contribution >= 4 is 35.0 Å². The Kier molecular flexibility index (Phi) is 9.88. The second-order valence-corrected chi connectivity index (χ2v) is 10.5. The zero-order chi connectivity index (χ0) is 30.3. The average Bonchev–Trinajstić information content (AvgIpc) is 3.32. The van der Waals surface area contributed by atoms with Gasteiger partial charge in [0.1, 0.15) is 11.8 Å². The van der Waals surface area contributed by atoms with Crippen molar-refractivity contribution in [3.63, 3.8) is 0 Å². The van der Waals surface area contributed by atoms with E-state index < -0.39 is 29.3 Å². The van der Waals surface area contributed by atoms with Gasteiger partial charge >= 0.3 is 0 Å². The first-order valence-corrected chi connectivity index (χ1v) is 13.0. The molecule has 1 aromatic heterocycles. The molecule has 0 saturated heterocycles. The highest BCUT2D eigenvalue weighted by molar-refractivity contribution is 6.04. The summed E-state index contributed by atoms with van der Waals surface area (Å²) in [6.45, 7) is 8.61. The van der Waals surface area contributed by atoms with Gasteiger partial charge in [0.15, 0.2) is 23.1 Å². The summed E-state index contributed by atoms with van der Waals surface area (Å²) in [5.41, 5.74) is 0.536. The number of amides is 3. The van der Waals surface area contributed by atoms with Crippen LogP contribution in [0.4, 0.5) is 11.5 Å². The van der Waals surface area contributed by atoms with Gasteiger partial charge in [0.25, 0.3) is 0 Å². The standard InChI is InChI=1S/C30H36N4O7/c1-18-17-24(33-41-18)31-25(36)15-16-26(37)34(21-13-11-20(12-14-21)19(2)35)27(29(38)32-30(3,4)5)22-9-8-10-23(39-6)28(22)40-7/h8-14,17,27H,15-16H2,1-7H3,(H,32,38)(H,31,33,36)/t27-/m0/s1. The predicted molar refractivity (Wildman–Crippen MR) is 153 cm³/mol. The Morgan fingerprint density at radius 3 is 2.22 bits per heavy atom. The number of hydrogen-bond donors (Lipinski definition) is 2. The predicted octanol–water partition coefficient (Wildman–Crippen LogP) is 4.61. The quantitative estimate of drug-likeness (QED) is 0.322. The summed E-state index contributed by atoms with van der Waals surface area (Å²) < 4.78 is 16.1. The van der Waals surface area contributed by atoms with E-state index in [1.54, 1.807) is 55.5 Å². The molecule has 11 nitrogen and oxygen atoms in total. The van der Waals surface area contributed by atoms with Crippen molar-refractivity contribution in [2.75, 3.05) is 24.4 Å². The van der Waals surface area contributed by atoms with Crippen LogP contribution in [0.15, 0.2) is 53.1 Å². The Balaban J connectivity index is 2.09. The number of hydrogen-bond acceptors (Lipinski definition) is 8. The molecule has 0 aliphatic heterocycles. The highest BCUT2D eigenvalue weighted by atomic mass is 16.5. The lowest BCUT2D eigenvalue weighted by Crippen LogP contribution is -2.49. The molecule has 0 spiro atoms. The first kappa shape index (κ1) is 30.9. The van der Waals surface area contributed by atoms with E-state index in [2.05, 4.69) is 15.8 Å². The highest BCUT2D eigenvalue weighted by Crippen LogP contribution is 2.39. The van der Waals surface area contributed by atoms with Gasteiger partial charge in [-0.1, -0.05) is 17.3 Å². The fraction of sp³-hybridized carbons (Fsp3) is 0.367. The first-order valence-electron chi connectivity index (χ1n) is 13.0. The monoisotopic (exact) mass is 564 g/mol. The summed E-state index contributed by atoms with van der Waals surface area (Å²) in [7, 11) is 2.92. The number of carbonyl (C=O) groups excluding carboxylic acids is 4. The van der Waals surface area contributed by atoms with E-state index in [9.17, 15) is 19.2 Å². The smallest absolute Gasteiger partial charge is 0.248 e. The zero-order valence-electron chi connectivity index (χ0n) is 24.4. The molecule has 3 amide bonds. The second-order valence-electron chi connectivity index (χ2n) is 10.5. The number of ketones is 1. The maximum atomic E-state index is 14.0. The summed E-state index contributed by atoms with van der Waals surface area (Å²) >= 11 is 0. The summed E-state index contributed by atoms with van der Waals surface area (Å²) in [6.07, 6.45) is -0.418. The van der Waals surface area contributed by atoms with Gasteiger partial charge in [0.05, 0.1) is 14.2 Å². The van der Waals surface area contributed by atoms with E-state index >= 15 is 0 Å². The zero-order valence-corrected chi connectivity index (χ0v) is 24.4. The van der Waals surface area contributed by atoms with Gasteiger partial charge in [-0.25, -0.2) is 0 Å². The third-order valence-electron chi connectivity index (χ3n) is 6.01. The number of nitrogens with zero attached hydrogens (tertiary/aromatic N) is 2. The van der Waals surface area contributed by atoms with Crippen molar-refractivity contribution in [1.29, 1.82) is 0 Å². The van der Waals surface area contributed by atoms with E-state index in [4.69, 9.17) is 14.0 Å². The lowest BCUT2D eigenvalue weighted by molar-refractivity contribution is -0.128. The third kappa shape index (κ3) is 7.93. The molecular formula is C30H36N4O7. The Hall–Kier alpha value is -4.67. The number of carbonyl (C=O) groups is 4. The van der Waals surface area contributed by atoms with E-state index in [0.29, 0.717) is 28.3 Å². The largest absolute Gasteiger partial charge is 0.493 e. The Labute approximate surface area is 239 Å². The molecule has 2 N–H and O–H groups in total. The molecule has 0 aliphatic carbocycles. The number of Topliss-reactive ketones (excluding diaryl/α,β-unsaturated/α-hetero) is 1. The maximum absolute atomic E-state index is 14.0. The average molecular weight is 565 g/mol. The summed E-state index contributed by atoms with van der Waals surface area (Å²) in [6, 6.07) is 11.8. The molecule has 0 radical (unpaired) electrons. The van der Waals surface area contributed by atoms with Crippen LogP contribution in [0.1, 0.15) is 68.3 Å². The normalized spacial score (nSPS) is 11.8. The van der Waals surface area contributed by atoms with Crippen LogP contribution in [0.5, 0.6) is 11.5 Å². The number of aryl methyl sites for hydroxylation is 1. The maximum Gasteiger partial charge on any atom is 0.248 e. The molecule has 3 aromatic rings. The number of methoxy groups -OCH3 is 2. The molecule has 11 heteroatoms. The van der Waals surface area contributed by atoms with Crippen LogP contribution >= 0.6 is 0 Å². The van der Waals surface area contributed by atoms with E-state index in [-0.39, 0.29) is 30.2 Å². The van der Waals surface area contributed by atoms with Crippen molar-refractivity contribution in [3.05, 3.63) is 65.4 Å². The molecule has 41 heavy (non-hydrogen) atoms. The fourth-order valence-corrected chi connectivity index (χ4v) is 4.23. The van der Waals surface area contributed by atoms with Gasteiger partial charge < -0.3 is 24.6 Å². The number of ether oxygens (including phenoxy) is 2. The van der Waals surface area contributed by atoms with Gasteiger partial charge in [0.2, 0.25) is 17.7 Å². The van der Waals surface area contributed by atoms with Gasteiger partial charge in [-0.05, 0) is 65.0 Å². The Morgan fingerprint density at radius 1 is 1.00 bits per heavy atom. The molecule has 1 atom stereocenters. The van der Waals surface area contributed by atoms with Crippen LogP contribution in [0, 0.1) is 6.92 Å². The summed E-state index contributed by atoms with van der Waals surface area (Å²) in [5, 5.41) is 9.30. The number of anilines is 2. The number of rotatable bonds is 11. The minimum absolute atomic E-state index is 0.148. The lowest BCUT2D eigenvalue weighted by Gasteiger charge is -2.34. The molecule has 1 heterocycles. The molecular weight excluding hydrogens is 528 g/mol. The Bertz CT molecular complexity index is 1410. The van der Waals surface area contributed by atoms with Gasteiger partial charge in [-0.3, -0.25) is 24.1 Å². The lowest BCUT2D eigenvalue weighted by atomic mass is 9.98.